The van der Waals surface area contributed by atoms with E-state index < -0.39 is 0 Å². The molecule has 1 fully saturated rings. The zero-order valence-corrected chi connectivity index (χ0v) is 13.4. The lowest BCUT2D eigenvalue weighted by molar-refractivity contribution is 0.0342. The van der Waals surface area contributed by atoms with Crippen LogP contribution in [0.15, 0.2) is 24.3 Å². The SMILES string of the molecule is CC(CO)C(C)NC(=O)c1cccc(CN2CCOCC2)c1. The van der Waals surface area contributed by atoms with Crippen LogP contribution < -0.4 is 5.32 Å². The monoisotopic (exact) mass is 306 g/mol. The minimum Gasteiger partial charge on any atom is -0.396 e. The molecule has 1 saturated heterocycles. The molecule has 122 valence electrons. The summed E-state index contributed by atoms with van der Waals surface area (Å²) in [5, 5.41) is 12.1. The molecule has 0 radical (unpaired) electrons. The van der Waals surface area contributed by atoms with Crippen LogP contribution in [-0.2, 0) is 11.3 Å². The molecule has 5 heteroatoms. The number of benzene rings is 1. The van der Waals surface area contributed by atoms with Gasteiger partial charge in [0.25, 0.3) is 5.91 Å². The Morgan fingerprint density at radius 1 is 1.36 bits per heavy atom. The quantitative estimate of drug-likeness (QED) is 0.831. The topological polar surface area (TPSA) is 61.8 Å². The summed E-state index contributed by atoms with van der Waals surface area (Å²) < 4.78 is 5.35. The van der Waals surface area contributed by atoms with E-state index in [0.717, 1.165) is 38.4 Å². The van der Waals surface area contributed by atoms with E-state index in [1.54, 1.807) is 0 Å². The first-order valence-corrected chi connectivity index (χ1v) is 7.91. The second kappa shape index (κ2) is 8.27. The lowest BCUT2D eigenvalue weighted by Gasteiger charge is -2.26. The Labute approximate surface area is 132 Å². The maximum atomic E-state index is 12.3. The van der Waals surface area contributed by atoms with Crippen molar-refractivity contribution in [2.75, 3.05) is 32.9 Å². The van der Waals surface area contributed by atoms with E-state index in [4.69, 9.17) is 9.84 Å². The molecule has 2 unspecified atom stereocenters. The van der Waals surface area contributed by atoms with Gasteiger partial charge >= 0.3 is 0 Å². The number of hydrogen-bond acceptors (Lipinski definition) is 4. The van der Waals surface area contributed by atoms with Crippen LogP contribution in [0.5, 0.6) is 0 Å². The largest absolute Gasteiger partial charge is 0.396 e. The summed E-state index contributed by atoms with van der Waals surface area (Å²) in [6.07, 6.45) is 0. The zero-order valence-electron chi connectivity index (χ0n) is 13.4. The van der Waals surface area contributed by atoms with Gasteiger partial charge in [-0.15, -0.1) is 0 Å². The Balaban J connectivity index is 1.96. The van der Waals surface area contributed by atoms with Gasteiger partial charge in [0.15, 0.2) is 0 Å². The second-order valence-electron chi connectivity index (χ2n) is 6.01. The number of morpholine rings is 1. The Morgan fingerprint density at radius 3 is 2.77 bits per heavy atom. The predicted molar refractivity (Wildman–Crippen MR) is 85.7 cm³/mol. The van der Waals surface area contributed by atoms with Crippen LogP contribution in [0.2, 0.25) is 0 Å². The van der Waals surface area contributed by atoms with Gasteiger partial charge in [0, 0.05) is 37.8 Å². The van der Waals surface area contributed by atoms with Gasteiger partial charge in [0.05, 0.1) is 13.2 Å². The zero-order chi connectivity index (χ0) is 15.9. The third-order valence-electron chi connectivity index (χ3n) is 4.20. The number of carbonyl (C=O) groups is 1. The van der Waals surface area contributed by atoms with Crippen molar-refractivity contribution < 1.29 is 14.6 Å². The van der Waals surface area contributed by atoms with Gasteiger partial charge in [-0.2, -0.15) is 0 Å². The number of nitrogens with zero attached hydrogens (tertiary/aromatic N) is 1. The van der Waals surface area contributed by atoms with Gasteiger partial charge in [-0.3, -0.25) is 9.69 Å². The lowest BCUT2D eigenvalue weighted by Crippen LogP contribution is -2.38. The summed E-state index contributed by atoms with van der Waals surface area (Å²) >= 11 is 0. The summed E-state index contributed by atoms with van der Waals surface area (Å²) in [6, 6.07) is 7.69. The average Bonchev–Trinajstić information content (AvgIpc) is 2.55. The predicted octanol–water partition coefficient (Wildman–Crippen LogP) is 1.27. The van der Waals surface area contributed by atoms with Crippen LogP contribution in [0.4, 0.5) is 0 Å². The van der Waals surface area contributed by atoms with E-state index in [-0.39, 0.29) is 24.5 Å². The Kier molecular flexibility index (Phi) is 6.36. The van der Waals surface area contributed by atoms with Crippen LogP contribution >= 0.6 is 0 Å². The first-order chi connectivity index (χ1) is 10.6. The molecule has 5 nitrogen and oxygen atoms in total. The van der Waals surface area contributed by atoms with Crippen molar-refractivity contribution >= 4 is 5.91 Å². The highest BCUT2D eigenvalue weighted by Crippen LogP contribution is 2.11. The number of aliphatic hydroxyl groups excluding tert-OH is 1. The molecule has 0 saturated carbocycles. The molecule has 2 atom stereocenters. The van der Waals surface area contributed by atoms with Gasteiger partial charge in [0.1, 0.15) is 0 Å². The number of ether oxygens (including phenoxy) is 1. The van der Waals surface area contributed by atoms with Gasteiger partial charge in [-0.05, 0) is 30.5 Å². The third-order valence-corrected chi connectivity index (χ3v) is 4.20. The van der Waals surface area contributed by atoms with Crippen LogP contribution in [0.3, 0.4) is 0 Å². The van der Waals surface area contributed by atoms with Gasteiger partial charge in [-0.25, -0.2) is 0 Å². The number of rotatable bonds is 6. The van der Waals surface area contributed by atoms with Gasteiger partial charge < -0.3 is 15.2 Å². The minimum absolute atomic E-state index is 0.0421. The Bertz CT molecular complexity index is 487. The highest BCUT2D eigenvalue weighted by atomic mass is 16.5. The molecule has 0 aromatic heterocycles. The Morgan fingerprint density at radius 2 is 2.09 bits per heavy atom. The lowest BCUT2D eigenvalue weighted by atomic mass is 10.0. The van der Waals surface area contributed by atoms with Crippen LogP contribution in [0.1, 0.15) is 29.8 Å². The summed E-state index contributed by atoms with van der Waals surface area (Å²) in [4.78, 5) is 14.6. The highest BCUT2D eigenvalue weighted by molar-refractivity contribution is 5.94. The normalized spacial score (nSPS) is 18.7. The molecule has 1 heterocycles. The molecule has 1 amide bonds. The minimum atomic E-state index is -0.0865. The molecule has 0 bridgehead atoms. The highest BCUT2D eigenvalue weighted by Gasteiger charge is 2.16. The fraction of sp³-hybridized carbons (Fsp3) is 0.588. The molecular weight excluding hydrogens is 280 g/mol. The molecule has 1 aromatic carbocycles. The van der Waals surface area contributed by atoms with E-state index in [9.17, 15) is 4.79 Å². The van der Waals surface area contributed by atoms with Crippen molar-refractivity contribution in [2.45, 2.75) is 26.4 Å². The smallest absolute Gasteiger partial charge is 0.251 e. The van der Waals surface area contributed by atoms with Crippen molar-refractivity contribution in [3.63, 3.8) is 0 Å². The van der Waals surface area contributed by atoms with E-state index in [0.29, 0.717) is 5.56 Å². The maximum Gasteiger partial charge on any atom is 0.251 e. The molecule has 22 heavy (non-hydrogen) atoms. The van der Waals surface area contributed by atoms with Crippen molar-refractivity contribution in [1.29, 1.82) is 0 Å². The first kappa shape index (κ1) is 16.9. The number of amides is 1. The van der Waals surface area contributed by atoms with Crippen LogP contribution in [-0.4, -0.2) is 54.9 Å². The molecule has 0 spiro atoms. The molecule has 1 aromatic rings. The molecule has 1 aliphatic heterocycles. The van der Waals surface area contributed by atoms with E-state index >= 15 is 0 Å². The van der Waals surface area contributed by atoms with Crippen molar-refractivity contribution in [1.82, 2.24) is 10.2 Å². The van der Waals surface area contributed by atoms with Crippen molar-refractivity contribution in [3.05, 3.63) is 35.4 Å². The fourth-order valence-electron chi connectivity index (χ4n) is 2.42. The van der Waals surface area contributed by atoms with E-state index in [2.05, 4.69) is 10.2 Å². The standard InChI is InChI=1S/C17H26N2O3/c1-13(12-20)14(2)18-17(21)16-5-3-4-15(10-16)11-19-6-8-22-9-7-19/h3-5,10,13-14,20H,6-9,11-12H2,1-2H3,(H,18,21). The van der Waals surface area contributed by atoms with Crippen LogP contribution in [0, 0.1) is 5.92 Å². The molecule has 0 aliphatic carbocycles. The van der Waals surface area contributed by atoms with Crippen molar-refractivity contribution in [3.8, 4) is 0 Å². The van der Waals surface area contributed by atoms with Gasteiger partial charge in [-0.1, -0.05) is 19.1 Å². The molecular formula is C17H26N2O3. The molecule has 2 N–H and O–H groups in total. The maximum absolute atomic E-state index is 12.3. The fourth-order valence-corrected chi connectivity index (χ4v) is 2.42. The third kappa shape index (κ3) is 4.80. The van der Waals surface area contributed by atoms with E-state index in [1.165, 1.54) is 0 Å². The summed E-state index contributed by atoms with van der Waals surface area (Å²) in [5.74, 6) is -0.0443. The summed E-state index contributed by atoms with van der Waals surface area (Å²) in [6.45, 7) is 8.15. The van der Waals surface area contributed by atoms with E-state index in [1.807, 2.05) is 38.1 Å². The second-order valence-corrected chi connectivity index (χ2v) is 6.01. The van der Waals surface area contributed by atoms with Crippen molar-refractivity contribution in [2.24, 2.45) is 5.92 Å². The number of nitrogens with one attached hydrogen (secondary N) is 1. The summed E-state index contributed by atoms with van der Waals surface area (Å²) in [5.41, 5.74) is 1.81. The molecule has 2 rings (SSSR count). The van der Waals surface area contributed by atoms with Gasteiger partial charge in [0.2, 0.25) is 0 Å². The summed E-state index contributed by atoms with van der Waals surface area (Å²) in [7, 11) is 0. The number of carbonyl (C=O) groups excluding carboxylic acids is 1. The first-order valence-electron chi connectivity index (χ1n) is 7.91. The number of aliphatic hydroxyl groups is 1. The number of hydrogen-bond donors (Lipinski definition) is 2. The Hall–Kier alpha value is -1.43. The molecule has 1 aliphatic rings. The average molecular weight is 306 g/mol. The van der Waals surface area contributed by atoms with Crippen LogP contribution in [0.25, 0.3) is 0 Å².